The second kappa shape index (κ2) is 5.70. The summed E-state index contributed by atoms with van der Waals surface area (Å²) in [6.45, 7) is 1.03. The van der Waals surface area contributed by atoms with Gasteiger partial charge in [0.1, 0.15) is 0 Å². The molecule has 2 aromatic rings. The molecule has 1 atom stereocenters. The highest BCUT2D eigenvalue weighted by molar-refractivity contribution is 7.99. The highest BCUT2D eigenvalue weighted by Gasteiger charge is 2.14. The molecule has 1 fully saturated rings. The average molecular weight is 273 g/mol. The molecule has 1 unspecified atom stereocenters. The summed E-state index contributed by atoms with van der Waals surface area (Å²) in [5.41, 5.74) is 8.75. The van der Waals surface area contributed by atoms with Crippen LogP contribution in [0.15, 0.2) is 30.5 Å². The molecule has 19 heavy (non-hydrogen) atoms. The van der Waals surface area contributed by atoms with Crippen molar-refractivity contribution in [3.05, 3.63) is 30.5 Å². The Hall–Kier alpha value is -1.42. The molecular weight excluding hydrogens is 254 g/mol. The van der Waals surface area contributed by atoms with E-state index in [1.165, 1.54) is 25.0 Å². The minimum absolute atomic E-state index is 0.734. The fourth-order valence-electron chi connectivity index (χ4n) is 2.54. The Kier molecular flexibility index (Phi) is 3.78. The highest BCUT2D eigenvalue weighted by atomic mass is 32.2. The second-order valence-electron chi connectivity index (χ2n) is 4.97. The Balaban J connectivity index is 1.79. The first kappa shape index (κ1) is 12.6. The lowest BCUT2D eigenvalue weighted by Gasteiger charge is -2.22. The first-order valence-electron chi connectivity index (χ1n) is 6.83. The zero-order valence-electron chi connectivity index (χ0n) is 10.9. The Morgan fingerprint density at radius 2 is 2.26 bits per heavy atom. The third-order valence-electron chi connectivity index (χ3n) is 3.60. The van der Waals surface area contributed by atoms with Crippen molar-refractivity contribution in [2.24, 2.45) is 0 Å². The molecule has 1 aromatic heterocycles. The van der Waals surface area contributed by atoms with Gasteiger partial charge in [0.2, 0.25) is 0 Å². The van der Waals surface area contributed by atoms with Gasteiger partial charge in [-0.1, -0.05) is 6.42 Å². The van der Waals surface area contributed by atoms with E-state index in [1.54, 1.807) is 6.20 Å². The standard InChI is InChI=1S/C15H19N3S/c16-13-6-7-14(12-5-3-8-17-15(12)13)18-10-11-4-1-2-9-19-11/h3,5-8,11,18H,1-2,4,9-10,16H2. The van der Waals surface area contributed by atoms with E-state index in [2.05, 4.69) is 34.2 Å². The topological polar surface area (TPSA) is 50.9 Å². The van der Waals surface area contributed by atoms with E-state index < -0.39 is 0 Å². The molecule has 4 heteroatoms. The zero-order chi connectivity index (χ0) is 13.1. The van der Waals surface area contributed by atoms with Crippen molar-refractivity contribution in [3.63, 3.8) is 0 Å². The molecule has 1 aliphatic rings. The third-order valence-corrected chi connectivity index (χ3v) is 4.99. The minimum Gasteiger partial charge on any atom is -0.397 e. The van der Waals surface area contributed by atoms with Crippen molar-refractivity contribution in [2.45, 2.75) is 24.5 Å². The number of fused-ring (bicyclic) bond motifs is 1. The quantitative estimate of drug-likeness (QED) is 0.840. The van der Waals surface area contributed by atoms with Crippen LogP contribution < -0.4 is 11.1 Å². The van der Waals surface area contributed by atoms with Crippen LogP contribution in [0, 0.1) is 0 Å². The summed E-state index contributed by atoms with van der Waals surface area (Å²) in [5.74, 6) is 1.30. The van der Waals surface area contributed by atoms with E-state index in [1.807, 2.05) is 12.1 Å². The fourth-order valence-corrected chi connectivity index (χ4v) is 3.78. The van der Waals surface area contributed by atoms with Crippen molar-refractivity contribution >= 4 is 34.0 Å². The van der Waals surface area contributed by atoms with Crippen LogP contribution >= 0.6 is 11.8 Å². The molecule has 0 spiro atoms. The maximum Gasteiger partial charge on any atom is 0.0951 e. The summed E-state index contributed by atoms with van der Waals surface area (Å²) in [5, 5.41) is 5.42. The summed E-state index contributed by atoms with van der Waals surface area (Å²) in [4.78, 5) is 4.37. The Bertz CT molecular complexity index is 564. The molecule has 3 nitrogen and oxygen atoms in total. The van der Waals surface area contributed by atoms with Crippen molar-refractivity contribution < 1.29 is 0 Å². The largest absolute Gasteiger partial charge is 0.397 e. The number of benzene rings is 1. The number of nitrogens with zero attached hydrogens (tertiary/aromatic N) is 1. The van der Waals surface area contributed by atoms with Gasteiger partial charge in [0.05, 0.1) is 11.2 Å². The minimum atomic E-state index is 0.734. The maximum absolute atomic E-state index is 5.97. The summed E-state index contributed by atoms with van der Waals surface area (Å²) >= 11 is 2.09. The van der Waals surface area contributed by atoms with Crippen LogP contribution in [0.3, 0.4) is 0 Å². The number of rotatable bonds is 3. The van der Waals surface area contributed by atoms with Crippen LogP contribution in [0.4, 0.5) is 11.4 Å². The predicted octanol–water partition coefficient (Wildman–Crippen LogP) is 3.51. The van der Waals surface area contributed by atoms with Crippen LogP contribution in [0.2, 0.25) is 0 Å². The molecule has 2 heterocycles. The van der Waals surface area contributed by atoms with Gasteiger partial charge in [-0.25, -0.2) is 0 Å². The number of nitrogens with one attached hydrogen (secondary N) is 1. The fraction of sp³-hybridized carbons (Fsp3) is 0.400. The van der Waals surface area contributed by atoms with Gasteiger partial charge in [-0.3, -0.25) is 4.98 Å². The van der Waals surface area contributed by atoms with E-state index in [9.17, 15) is 0 Å². The summed E-state index contributed by atoms with van der Waals surface area (Å²) < 4.78 is 0. The Morgan fingerprint density at radius 1 is 1.32 bits per heavy atom. The normalized spacial score (nSPS) is 19.5. The van der Waals surface area contributed by atoms with Gasteiger partial charge in [0.15, 0.2) is 0 Å². The molecule has 0 amide bonds. The van der Waals surface area contributed by atoms with E-state index in [-0.39, 0.29) is 0 Å². The van der Waals surface area contributed by atoms with Crippen LogP contribution in [0.25, 0.3) is 10.9 Å². The van der Waals surface area contributed by atoms with Gasteiger partial charge in [-0.15, -0.1) is 0 Å². The molecule has 0 saturated carbocycles. The van der Waals surface area contributed by atoms with Gasteiger partial charge in [-0.2, -0.15) is 11.8 Å². The number of anilines is 2. The lowest BCUT2D eigenvalue weighted by Crippen LogP contribution is -2.20. The molecule has 0 radical (unpaired) electrons. The molecular formula is C15H19N3S. The Morgan fingerprint density at radius 3 is 3.11 bits per heavy atom. The van der Waals surface area contributed by atoms with Crippen molar-refractivity contribution in [1.29, 1.82) is 0 Å². The lowest BCUT2D eigenvalue weighted by molar-refractivity contribution is 0.678. The first-order chi connectivity index (χ1) is 9.34. The van der Waals surface area contributed by atoms with Crippen LogP contribution in [0.1, 0.15) is 19.3 Å². The maximum atomic E-state index is 5.97. The van der Waals surface area contributed by atoms with E-state index in [0.29, 0.717) is 0 Å². The molecule has 3 N–H and O–H groups in total. The van der Waals surface area contributed by atoms with Crippen molar-refractivity contribution in [2.75, 3.05) is 23.3 Å². The molecule has 1 aliphatic heterocycles. The number of hydrogen-bond donors (Lipinski definition) is 2. The monoisotopic (exact) mass is 273 g/mol. The van der Waals surface area contributed by atoms with E-state index >= 15 is 0 Å². The Labute approximate surface area is 118 Å². The zero-order valence-corrected chi connectivity index (χ0v) is 11.7. The van der Waals surface area contributed by atoms with Gasteiger partial charge >= 0.3 is 0 Å². The van der Waals surface area contributed by atoms with Crippen LogP contribution in [-0.2, 0) is 0 Å². The summed E-state index contributed by atoms with van der Waals surface area (Å²) in [6.07, 6.45) is 5.85. The molecule has 3 rings (SSSR count). The van der Waals surface area contributed by atoms with Gasteiger partial charge < -0.3 is 11.1 Å². The van der Waals surface area contributed by atoms with Crippen molar-refractivity contribution in [3.8, 4) is 0 Å². The highest BCUT2D eigenvalue weighted by Crippen LogP contribution is 2.29. The van der Waals surface area contributed by atoms with Crippen LogP contribution in [0.5, 0.6) is 0 Å². The smallest absolute Gasteiger partial charge is 0.0951 e. The number of pyridine rings is 1. The predicted molar refractivity (Wildman–Crippen MR) is 84.7 cm³/mol. The van der Waals surface area contributed by atoms with Crippen LogP contribution in [-0.4, -0.2) is 22.5 Å². The number of thioether (sulfide) groups is 1. The first-order valence-corrected chi connectivity index (χ1v) is 7.88. The molecule has 1 aromatic carbocycles. The van der Waals surface area contributed by atoms with Gasteiger partial charge in [0, 0.05) is 29.1 Å². The molecule has 0 aliphatic carbocycles. The van der Waals surface area contributed by atoms with E-state index in [0.717, 1.165) is 34.1 Å². The van der Waals surface area contributed by atoms with Gasteiger partial charge in [0.25, 0.3) is 0 Å². The number of nitrogens with two attached hydrogens (primary N) is 1. The lowest BCUT2D eigenvalue weighted by atomic mass is 10.1. The molecule has 1 saturated heterocycles. The van der Waals surface area contributed by atoms with Crippen molar-refractivity contribution in [1.82, 2.24) is 4.98 Å². The number of hydrogen-bond acceptors (Lipinski definition) is 4. The molecule has 0 bridgehead atoms. The average Bonchev–Trinajstić information content (AvgIpc) is 2.48. The van der Waals surface area contributed by atoms with E-state index in [4.69, 9.17) is 5.73 Å². The SMILES string of the molecule is Nc1ccc(NCC2CCCCS2)c2cccnc12. The molecule has 100 valence electrons. The van der Waals surface area contributed by atoms with Gasteiger partial charge in [-0.05, 0) is 42.9 Å². The number of nitrogen functional groups attached to an aromatic ring is 1. The summed E-state index contributed by atoms with van der Waals surface area (Å²) in [7, 11) is 0. The third kappa shape index (κ3) is 2.78. The summed E-state index contributed by atoms with van der Waals surface area (Å²) in [6, 6.07) is 8.04. The number of aromatic nitrogens is 1. The second-order valence-corrected chi connectivity index (χ2v) is 6.38.